The molecule has 22 heavy (non-hydrogen) atoms. The largest absolute Gasteiger partial charge is 0.496 e. The van der Waals surface area contributed by atoms with Gasteiger partial charge in [-0.2, -0.15) is 0 Å². The first kappa shape index (κ1) is 17.9. The number of methoxy groups -OCH3 is 1. The SMILES string of the molecule is C=C(\C=C/C=N/C=C/C(=S)OCC)c1ccc(C)cc1OC. The highest BCUT2D eigenvalue weighted by Gasteiger charge is 2.04. The minimum atomic E-state index is 0.428. The second-order valence-electron chi connectivity index (χ2n) is 4.45. The Balaban J connectivity index is 2.63. The zero-order chi connectivity index (χ0) is 16.4. The predicted molar refractivity (Wildman–Crippen MR) is 97.8 cm³/mol. The van der Waals surface area contributed by atoms with E-state index in [0.29, 0.717) is 11.7 Å². The van der Waals surface area contributed by atoms with Crippen LogP contribution in [0.2, 0.25) is 0 Å². The summed E-state index contributed by atoms with van der Waals surface area (Å²) >= 11 is 4.95. The number of hydrogen-bond acceptors (Lipinski definition) is 4. The Morgan fingerprint density at radius 3 is 2.82 bits per heavy atom. The number of rotatable bonds is 7. The van der Waals surface area contributed by atoms with Crippen molar-refractivity contribution in [2.45, 2.75) is 13.8 Å². The number of allylic oxidation sites excluding steroid dienone is 3. The van der Waals surface area contributed by atoms with Gasteiger partial charge in [-0.3, -0.25) is 4.99 Å². The number of nitrogens with zero attached hydrogens (tertiary/aromatic N) is 1. The van der Waals surface area contributed by atoms with E-state index < -0.39 is 0 Å². The van der Waals surface area contributed by atoms with Crippen LogP contribution in [-0.4, -0.2) is 25.0 Å². The highest BCUT2D eigenvalue weighted by Crippen LogP contribution is 2.26. The minimum Gasteiger partial charge on any atom is -0.496 e. The maximum atomic E-state index is 5.37. The molecule has 1 aromatic rings. The molecule has 0 N–H and O–H groups in total. The summed E-state index contributed by atoms with van der Waals surface area (Å²) < 4.78 is 10.5. The Hall–Kier alpha value is -2.20. The van der Waals surface area contributed by atoms with E-state index in [1.54, 1.807) is 25.6 Å². The molecule has 116 valence electrons. The molecule has 0 spiro atoms. The third-order valence-electron chi connectivity index (χ3n) is 2.76. The average molecular weight is 315 g/mol. The van der Waals surface area contributed by atoms with Gasteiger partial charge in [-0.05, 0) is 49.3 Å². The summed E-state index contributed by atoms with van der Waals surface area (Å²) in [5.74, 6) is 0.813. The first-order valence-electron chi connectivity index (χ1n) is 6.95. The standard InChI is InChI=1S/C18H21NO2S/c1-5-21-18(22)10-12-19-11-6-7-15(3)16-9-8-14(2)13-17(16)20-4/h6-13H,3,5H2,1-2,4H3/b7-6-,12-10+,19-11+. The van der Waals surface area contributed by atoms with Gasteiger partial charge in [0.1, 0.15) is 5.75 Å². The van der Waals surface area contributed by atoms with Gasteiger partial charge in [-0.25, -0.2) is 0 Å². The Morgan fingerprint density at radius 1 is 1.36 bits per heavy atom. The van der Waals surface area contributed by atoms with E-state index in [0.717, 1.165) is 22.4 Å². The normalized spacial score (nSPS) is 11.4. The fourth-order valence-electron chi connectivity index (χ4n) is 1.71. The van der Waals surface area contributed by atoms with Gasteiger partial charge >= 0.3 is 0 Å². The Morgan fingerprint density at radius 2 is 2.14 bits per heavy atom. The molecule has 0 bridgehead atoms. The van der Waals surface area contributed by atoms with Crippen molar-refractivity contribution in [3.05, 3.63) is 60.3 Å². The van der Waals surface area contributed by atoms with Crippen LogP contribution in [-0.2, 0) is 4.74 Å². The van der Waals surface area contributed by atoms with Crippen molar-refractivity contribution in [1.82, 2.24) is 0 Å². The van der Waals surface area contributed by atoms with E-state index in [1.165, 1.54) is 0 Å². The average Bonchev–Trinajstić information content (AvgIpc) is 2.50. The van der Waals surface area contributed by atoms with Crippen molar-refractivity contribution in [2.24, 2.45) is 4.99 Å². The summed E-state index contributed by atoms with van der Waals surface area (Å²) in [7, 11) is 1.66. The second-order valence-corrected chi connectivity index (χ2v) is 4.86. The van der Waals surface area contributed by atoms with Crippen LogP contribution in [0.25, 0.3) is 5.57 Å². The van der Waals surface area contributed by atoms with Crippen molar-refractivity contribution >= 4 is 29.1 Å². The molecule has 1 aromatic carbocycles. The molecule has 0 fully saturated rings. The molecule has 0 unspecified atom stereocenters. The summed E-state index contributed by atoms with van der Waals surface area (Å²) in [4.78, 5) is 4.08. The summed E-state index contributed by atoms with van der Waals surface area (Å²) in [6.45, 7) is 8.52. The zero-order valence-corrected chi connectivity index (χ0v) is 14.0. The molecule has 0 saturated carbocycles. The first-order chi connectivity index (χ1) is 10.6. The van der Waals surface area contributed by atoms with Crippen molar-refractivity contribution < 1.29 is 9.47 Å². The molecular formula is C18H21NO2S. The monoisotopic (exact) mass is 315 g/mol. The third kappa shape index (κ3) is 6.06. The number of aryl methyl sites for hydroxylation is 1. The van der Waals surface area contributed by atoms with E-state index in [1.807, 2.05) is 44.2 Å². The van der Waals surface area contributed by atoms with Crippen molar-refractivity contribution in [3.63, 3.8) is 0 Å². The van der Waals surface area contributed by atoms with E-state index in [9.17, 15) is 0 Å². The number of aliphatic imine (C=N–C) groups is 1. The lowest BCUT2D eigenvalue weighted by molar-refractivity contribution is 0.339. The van der Waals surface area contributed by atoms with Crippen LogP contribution in [0.1, 0.15) is 18.1 Å². The molecule has 4 heteroatoms. The zero-order valence-electron chi connectivity index (χ0n) is 13.2. The van der Waals surface area contributed by atoms with E-state index in [2.05, 4.69) is 11.6 Å². The molecule has 0 heterocycles. The van der Waals surface area contributed by atoms with Crippen molar-refractivity contribution in [2.75, 3.05) is 13.7 Å². The van der Waals surface area contributed by atoms with Crippen LogP contribution in [0, 0.1) is 6.92 Å². The molecule has 0 atom stereocenters. The van der Waals surface area contributed by atoms with Crippen LogP contribution in [0.4, 0.5) is 0 Å². The number of ether oxygens (including phenoxy) is 2. The van der Waals surface area contributed by atoms with Gasteiger partial charge in [-0.15, -0.1) is 0 Å². The van der Waals surface area contributed by atoms with E-state index >= 15 is 0 Å². The second kappa shape index (κ2) is 9.68. The molecule has 0 radical (unpaired) electrons. The smallest absolute Gasteiger partial charge is 0.185 e. The minimum absolute atomic E-state index is 0.428. The number of benzene rings is 1. The molecule has 0 amide bonds. The molecule has 1 rings (SSSR count). The molecule has 0 saturated heterocycles. The van der Waals surface area contributed by atoms with Gasteiger partial charge in [0.05, 0.1) is 13.7 Å². The lowest BCUT2D eigenvalue weighted by Crippen LogP contribution is -1.95. The van der Waals surface area contributed by atoms with Crippen LogP contribution in [0.3, 0.4) is 0 Å². The lowest BCUT2D eigenvalue weighted by Gasteiger charge is -2.09. The van der Waals surface area contributed by atoms with Crippen LogP contribution in [0.15, 0.2) is 54.2 Å². The molecule has 0 aromatic heterocycles. The van der Waals surface area contributed by atoms with Crippen LogP contribution >= 0.6 is 12.2 Å². The summed E-state index contributed by atoms with van der Waals surface area (Å²) in [6, 6.07) is 6.01. The van der Waals surface area contributed by atoms with E-state index in [-0.39, 0.29) is 0 Å². The molecule has 3 nitrogen and oxygen atoms in total. The van der Waals surface area contributed by atoms with Gasteiger partial charge in [0.25, 0.3) is 0 Å². The van der Waals surface area contributed by atoms with Gasteiger partial charge in [-0.1, -0.05) is 24.8 Å². The van der Waals surface area contributed by atoms with Crippen LogP contribution in [0.5, 0.6) is 5.75 Å². The predicted octanol–water partition coefficient (Wildman–Crippen LogP) is 4.52. The molecule has 0 aliphatic rings. The van der Waals surface area contributed by atoms with Gasteiger partial charge in [0, 0.05) is 24.1 Å². The topological polar surface area (TPSA) is 30.8 Å². The number of thiocarbonyl (C=S) groups is 1. The summed E-state index contributed by atoms with van der Waals surface area (Å²) in [5, 5.41) is 0.428. The van der Waals surface area contributed by atoms with Gasteiger partial charge < -0.3 is 9.47 Å². The highest BCUT2D eigenvalue weighted by atomic mass is 32.1. The van der Waals surface area contributed by atoms with Crippen molar-refractivity contribution in [3.8, 4) is 5.75 Å². The fourth-order valence-corrected chi connectivity index (χ4v) is 1.89. The fraction of sp³-hybridized carbons (Fsp3) is 0.222. The molecule has 0 aliphatic carbocycles. The maximum absolute atomic E-state index is 5.37. The van der Waals surface area contributed by atoms with Crippen molar-refractivity contribution in [1.29, 1.82) is 0 Å². The van der Waals surface area contributed by atoms with E-state index in [4.69, 9.17) is 21.7 Å². The Bertz CT molecular complexity index is 616. The third-order valence-corrected chi connectivity index (χ3v) is 3.01. The Kier molecular flexibility index (Phi) is 7.86. The molecule has 0 aliphatic heterocycles. The van der Waals surface area contributed by atoms with Gasteiger partial charge in [0.2, 0.25) is 0 Å². The maximum Gasteiger partial charge on any atom is 0.185 e. The van der Waals surface area contributed by atoms with Crippen LogP contribution < -0.4 is 4.74 Å². The first-order valence-corrected chi connectivity index (χ1v) is 7.36. The lowest BCUT2D eigenvalue weighted by atomic mass is 10.0. The number of hydrogen-bond donors (Lipinski definition) is 0. The van der Waals surface area contributed by atoms with Gasteiger partial charge in [0.15, 0.2) is 5.05 Å². The summed E-state index contributed by atoms with van der Waals surface area (Å²) in [6.07, 6.45) is 8.59. The summed E-state index contributed by atoms with van der Waals surface area (Å²) in [5.41, 5.74) is 2.97. The highest BCUT2D eigenvalue weighted by molar-refractivity contribution is 7.80. The quantitative estimate of drug-likeness (QED) is 0.321. The Labute approximate surface area is 137 Å². The molecular weight excluding hydrogens is 294 g/mol.